The van der Waals surface area contributed by atoms with Crippen LogP contribution in [0.2, 0.25) is 0 Å². The number of nitrogens with zero attached hydrogens (tertiary/aromatic N) is 9. The Morgan fingerprint density at radius 3 is 2.88 bits per heavy atom. The molecular formula is C31H44N10O2. The molecule has 2 N–H and O–H groups in total. The van der Waals surface area contributed by atoms with Crippen LogP contribution in [0.25, 0.3) is 16.1 Å². The van der Waals surface area contributed by atoms with Gasteiger partial charge in [-0.05, 0) is 87.0 Å². The molecule has 43 heavy (non-hydrogen) atoms. The summed E-state index contributed by atoms with van der Waals surface area (Å²) in [6.45, 7) is 6.24. The van der Waals surface area contributed by atoms with E-state index in [1.165, 1.54) is 11.1 Å². The molecule has 3 aromatic rings. The number of azide groups is 1. The van der Waals surface area contributed by atoms with Crippen molar-refractivity contribution in [3.63, 3.8) is 0 Å². The van der Waals surface area contributed by atoms with E-state index in [0.29, 0.717) is 32.5 Å². The van der Waals surface area contributed by atoms with Gasteiger partial charge in [0.15, 0.2) is 0 Å². The Morgan fingerprint density at radius 1 is 1.21 bits per heavy atom. The number of likely N-dealkylation sites (N-methyl/N-ethyl adjacent to an activating group) is 1. The second-order valence-electron chi connectivity index (χ2n) is 11.6. The van der Waals surface area contributed by atoms with E-state index in [9.17, 15) is 9.90 Å². The maximum absolute atomic E-state index is 12.1. The van der Waals surface area contributed by atoms with Crippen molar-refractivity contribution < 1.29 is 9.90 Å². The maximum atomic E-state index is 12.1. The predicted molar refractivity (Wildman–Crippen MR) is 167 cm³/mol. The molecule has 0 saturated carbocycles. The molecule has 12 nitrogen and oxygen atoms in total. The Kier molecular flexibility index (Phi) is 10.8. The average Bonchev–Trinajstić information content (AvgIpc) is 3.40. The van der Waals surface area contributed by atoms with Crippen molar-refractivity contribution in [1.29, 1.82) is 0 Å². The van der Waals surface area contributed by atoms with Crippen molar-refractivity contribution in [2.45, 2.75) is 64.1 Å². The van der Waals surface area contributed by atoms with Crippen LogP contribution in [-0.2, 0) is 24.4 Å². The zero-order valence-electron chi connectivity index (χ0n) is 25.2. The number of carbonyl (C=O) groups excluding carboxylic acids is 1. The number of aromatic nitrogens is 3. The fourth-order valence-electron chi connectivity index (χ4n) is 6.39. The van der Waals surface area contributed by atoms with Crippen molar-refractivity contribution in [3.8, 4) is 0 Å². The SMILES string of the molecule is CN1CCN(c2cccc3nc(CN(CCCCNC(=O)CCCN=[N+]=[N-])[C@H]4CCCc5ccncc54)c(CO)n23)CC1. The molecular weight excluding hydrogens is 544 g/mol. The molecule has 230 valence electrons. The molecule has 1 saturated heterocycles. The Labute approximate surface area is 253 Å². The number of aryl methyl sites for hydroxylation is 1. The monoisotopic (exact) mass is 588 g/mol. The summed E-state index contributed by atoms with van der Waals surface area (Å²) in [6.07, 6.45) is 9.84. The first-order valence-corrected chi connectivity index (χ1v) is 15.6. The Balaban J connectivity index is 1.33. The lowest BCUT2D eigenvalue weighted by Gasteiger charge is -2.35. The zero-order chi connectivity index (χ0) is 30.0. The molecule has 1 amide bonds. The van der Waals surface area contributed by atoms with E-state index in [0.717, 1.165) is 87.7 Å². The minimum atomic E-state index is -0.0797. The van der Waals surface area contributed by atoms with Crippen LogP contribution in [-0.4, -0.2) is 88.0 Å². The molecule has 1 fully saturated rings. The second-order valence-corrected chi connectivity index (χ2v) is 11.6. The third kappa shape index (κ3) is 7.64. The van der Waals surface area contributed by atoms with Crippen LogP contribution in [0.15, 0.2) is 41.8 Å². The number of amides is 1. The molecule has 1 aliphatic heterocycles. The molecule has 1 aliphatic carbocycles. The van der Waals surface area contributed by atoms with E-state index in [4.69, 9.17) is 10.5 Å². The number of fused-ring (bicyclic) bond motifs is 2. The fraction of sp³-hybridized carbons (Fsp3) is 0.581. The van der Waals surface area contributed by atoms with E-state index < -0.39 is 0 Å². The molecule has 0 spiro atoms. The summed E-state index contributed by atoms with van der Waals surface area (Å²) in [5.41, 5.74) is 13.7. The van der Waals surface area contributed by atoms with Crippen molar-refractivity contribution in [2.75, 3.05) is 57.8 Å². The minimum absolute atomic E-state index is 0.00859. The number of imidazole rings is 1. The summed E-state index contributed by atoms with van der Waals surface area (Å²) in [6, 6.07) is 8.59. The van der Waals surface area contributed by atoms with Gasteiger partial charge < -0.3 is 20.2 Å². The normalized spacial score (nSPS) is 17.2. The number of nitrogens with one attached hydrogen (secondary N) is 1. The van der Waals surface area contributed by atoms with Gasteiger partial charge in [-0.1, -0.05) is 11.2 Å². The molecule has 5 rings (SSSR count). The van der Waals surface area contributed by atoms with Crippen molar-refractivity contribution in [3.05, 3.63) is 69.6 Å². The summed E-state index contributed by atoms with van der Waals surface area (Å²) in [7, 11) is 2.16. The third-order valence-corrected chi connectivity index (χ3v) is 8.72. The van der Waals surface area contributed by atoms with Gasteiger partial charge >= 0.3 is 0 Å². The quantitative estimate of drug-likeness (QED) is 0.126. The lowest BCUT2D eigenvalue weighted by atomic mass is 9.88. The minimum Gasteiger partial charge on any atom is -0.390 e. The third-order valence-electron chi connectivity index (χ3n) is 8.72. The van der Waals surface area contributed by atoms with Crippen molar-refractivity contribution in [1.82, 2.24) is 29.5 Å². The Bertz CT molecular complexity index is 1410. The predicted octanol–water partition coefficient (Wildman–Crippen LogP) is 3.84. The lowest BCUT2D eigenvalue weighted by molar-refractivity contribution is -0.121. The van der Waals surface area contributed by atoms with Gasteiger partial charge in [0.1, 0.15) is 11.5 Å². The number of pyridine rings is 2. The number of carbonyl (C=O) groups is 1. The molecule has 0 aromatic carbocycles. The number of piperazine rings is 1. The van der Waals surface area contributed by atoms with Gasteiger partial charge in [0, 0.05) is 75.6 Å². The van der Waals surface area contributed by atoms with Gasteiger partial charge in [0.25, 0.3) is 0 Å². The van der Waals surface area contributed by atoms with Crippen LogP contribution in [0.5, 0.6) is 0 Å². The van der Waals surface area contributed by atoms with Gasteiger partial charge in [0.05, 0.1) is 18.0 Å². The number of aliphatic hydroxyl groups is 1. The second kappa shape index (κ2) is 15.2. The standard InChI is InChI=1S/C31H44N10O2/c1-38-17-19-39(20-18-38)31-11-5-9-29-36-26(28(23-42)41(29)31)22-40(27-8-4-7-24-12-15-33-21-25(24)27)16-3-2-13-34-30(43)10-6-14-35-37-32/h5,9,11-12,15,21,27,42H,2-4,6-8,10,13-14,16-20,22-23H2,1H3,(H,34,43)/t27-/m0/s1. The molecule has 0 bridgehead atoms. The number of hydrogen-bond acceptors (Lipinski definition) is 8. The molecule has 0 radical (unpaired) electrons. The van der Waals surface area contributed by atoms with Crippen LogP contribution in [0, 0.1) is 0 Å². The van der Waals surface area contributed by atoms with E-state index in [1.54, 1.807) is 0 Å². The smallest absolute Gasteiger partial charge is 0.219 e. The average molecular weight is 589 g/mol. The van der Waals surface area contributed by atoms with E-state index in [1.807, 2.05) is 18.5 Å². The van der Waals surface area contributed by atoms with Gasteiger partial charge in [0.2, 0.25) is 5.91 Å². The summed E-state index contributed by atoms with van der Waals surface area (Å²) in [4.78, 5) is 31.6. The zero-order valence-corrected chi connectivity index (χ0v) is 25.2. The molecule has 0 unspecified atom stereocenters. The van der Waals surface area contributed by atoms with Crippen molar-refractivity contribution >= 4 is 17.4 Å². The van der Waals surface area contributed by atoms with Crippen LogP contribution < -0.4 is 10.2 Å². The van der Waals surface area contributed by atoms with E-state index >= 15 is 0 Å². The molecule has 4 heterocycles. The largest absolute Gasteiger partial charge is 0.390 e. The number of rotatable bonds is 14. The number of hydrogen-bond donors (Lipinski definition) is 2. The van der Waals surface area contributed by atoms with Crippen LogP contribution >= 0.6 is 0 Å². The highest BCUT2D eigenvalue weighted by molar-refractivity contribution is 5.75. The van der Waals surface area contributed by atoms with Gasteiger partial charge in [-0.3, -0.25) is 19.1 Å². The maximum Gasteiger partial charge on any atom is 0.219 e. The van der Waals surface area contributed by atoms with Crippen LogP contribution in [0.1, 0.15) is 67.1 Å². The summed E-state index contributed by atoms with van der Waals surface area (Å²) in [5, 5.41) is 17.1. The van der Waals surface area contributed by atoms with Crippen LogP contribution in [0.4, 0.5) is 5.82 Å². The molecule has 1 atom stereocenters. The Hall–Kier alpha value is -3.70. The molecule has 3 aromatic heterocycles. The lowest BCUT2D eigenvalue weighted by Crippen LogP contribution is -2.45. The number of anilines is 1. The summed E-state index contributed by atoms with van der Waals surface area (Å²) >= 11 is 0. The first-order valence-electron chi connectivity index (χ1n) is 15.6. The van der Waals surface area contributed by atoms with E-state index in [-0.39, 0.29) is 18.6 Å². The number of aliphatic hydroxyl groups excluding tert-OH is 1. The first-order chi connectivity index (χ1) is 21.1. The van der Waals surface area contributed by atoms with Gasteiger partial charge in [-0.15, -0.1) is 0 Å². The topological polar surface area (TPSA) is 138 Å². The summed E-state index contributed by atoms with van der Waals surface area (Å²) < 4.78 is 2.15. The van der Waals surface area contributed by atoms with Gasteiger partial charge in [-0.2, -0.15) is 0 Å². The highest BCUT2D eigenvalue weighted by Gasteiger charge is 2.28. The van der Waals surface area contributed by atoms with Crippen LogP contribution in [0.3, 0.4) is 0 Å². The first kappa shape index (κ1) is 30.7. The molecule has 2 aliphatic rings. The highest BCUT2D eigenvalue weighted by Crippen LogP contribution is 2.35. The number of unbranched alkanes of at least 4 members (excludes halogenated alkanes) is 1. The highest BCUT2D eigenvalue weighted by atomic mass is 16.3. The molecule has 12 heteroatoms. The van der Waals surface area contributed by atoms with E-state index in [2.05, 4.69) is 64.7 Å². The summed E-state index contributed by atoms with van der Waals surface area (Å²) in [5.74, 6) is 1.08. The van der Waals surface area contributed by atoms with Crippen molar-refractivity contribution in [2.24, 2.45) is 5.11 Å². The fourth-order valence-corrected chi connectivity index (χ4v) is 6.39. The Morgan fingerprint density at radius 2 is 2.07 bits per heavy atom. The van der Waals surface area contributed by atoms with Gasteiger partial charge in [-0.25, -0.2) is 4.98 Å².